The van der Waals surface area contributed by atoms with Gasteiger partial charge in [0, 0.05) is 45.3 Å². The predicted octanol–water partition coefficient (Wildman–Crippen LogP) is 1.58. The van der Waals surface area contributed by atoms with Gasteiger partial charge in [-0.3, -0.25) is 9.59 Å². The van der Waals surface area contributed by atoms with Crippen molar-refractivity contribution in [3.63, 3.8) is 0 Å². The molecule has 1 fully saturated rings. The molecule has 3 heterocycles. The first kappa shape index (κ1) is 21.6. The summed E-state index contributed by atoms with van der Waals surface area (Å²) < 4.78 is 20.9. The van der Waals surface area contributed by atoms with Crippen molar-refractivity contribution in [1.82, 2.24) is 29.6 Å². The van der Waals surface area contributed by atoms with Crippen molar-refractivity contribution in [3.8, 4) is 17.1 Å². The van der Waals surface area contributed by atoms with E-state index in [2.05, 4.69) is 20.2 Å². The van der Waals surface area contributed by atoms with Gasteiger partial charge in [-0.1, -0.05) is 6.07 Å². The average molecular weight is 442 g/mol. The van der Waals surface area contributed by atoms with Crippen LogP contribution in [0.3, 0.4) is 0 Å². The van der Waals surface area contributed by atoms with E-state index in [1.807, 2.05) is 0 Å². The zero-order valence-corrected chi connectivity index (χ0v) is 17.7. The normalized spacial score (nSPS) is 14.5. The Labute approximate surface area is 182 Å². The number of aromatic hydroxyl groups is 1. The Balaban J connectivity index is 1.64. The Morgan fingerprint density at radius 1 is 1.38 bits per heavy atom. The highest BCUT2D eigenvalue weighted by Gasteiger charge is 2.26. The third-order valence-corrected chi connectivity index (χ3v) is 5.50. The lowest BCUT2D eigenvalue weighted by atomic mass is 9.99. The summed E-state index contributed by atoms with van der Waals surface area (Å²) in [6, 6.07) is 4.17. The van der Waals surface area contributed by atoms with Crippen molar-refractivity contribution in [2.45, 2.75) is 25.3 Å². The zero-order valence-electron chi connectivity index (χ0n) is 17.7. The molecule has 0 atom stereocenters. The quantitative estimate of drug-likeness (QED) is 0.614. The van der Waals surface area contributed by atoms with Gasteiger partial charge in [-0.15, -0.1) is 10.2 Å². The van der Waals surface area contributed by atoms with Crippen LogP contribution in [-0.4, -0.2) is 60.9 Å². The van der Waals surface area contributed by atoms with E-state index in [0.29, 0.717) is 48.8 Å². The van der Waals surface area contributed by atoms with Crippen LogP contribution in [0.5, 0.6) is 5.75 Å². The van der Waals surface area contributed by atoms with E-state index < -0.39 is 23.0 Å². The molecule has 1 aliphatic rings. The topological polar surface area (TPSA) is 126 Å². The number of benzene rings is 1. The Morgan fingerprint density at radius 3 is 2.81 bits per heavy atom. The summed E-state index contributed by atoms with van der Waals surface area (Å²) in [5, 5.41) is 18.1. The number of carbonyl (C=O) groups excluding carboxylic acids is 1. The molecule has 0 radical (unpaired) electrons. The number of rotatable bonds is 5. The molecule has 0 bridgehead atoms. The molecule has 1 amide bonds. The number of aromatic nitrogens is 5. The molecular formula is C21H23FN6O4. The number of hydrogen-bond acceptors (Lipinski definition) is 7. The summed E-state index contributed by atoms with van der Waals surface area (Å²) >= 11 is 0. The fourth-order valence-electron chi connectivity index (χ4n) is 3.73. The van der Waals surface area contributed by atoms with Gasteiger partial charge in [0.25, 0.3) is 11.5 Å². The van der Waals surface area contributed by atoms with E-state index in [9.17, 15) is 19.1 Å². The molecule has 11 heteroatoms. The first-order chi connectivity index (χ1) is 15.3. The third-order valence-electron chi connectivity index (χ3n) is 5.50. The maximum atomic E-state index is 13.9. The van der Waals surface area contributed by atoms with Crippen molar-refractivity contribution < 1.29 is 19.0 Å². The molecule has 0 spiro atoms. The first-order valence-electron chi connectivity index (χ1n) is 10.1. The van der Waals surface area contributed by atoms with E-state index in [1.54, 1.807) is 17.7 Å². The first-order valence-corrected chi connectivity index (χ1v) is 10.1. The fourth-order valence-corrected chi connectivity index (χ4v) is 3.73. The minimum Gasteiger partial charge on any atom is -0.501 e. The Kier molecular flexibility index (Phi) is 5.99. The van der Waals surface area contributed by atoms with Crippen molar-refractivity contribution in [3.05, 3.63) is 57.8 Å². The molecule has 0 unspecified atom stereocenters. The van der Waals surface area contributed by atoms with E-state index >= 15 is 0 Å². The van der Waals surface area contributed by atoms with Gasteiger partial charge in [0.05, 0.1) is 0 Å². The molecule has 10 nitrogen and oxygen atoms in total. The summed E-state index contributed by atoms with van der Waals surface area (Å²) in [6.45, 7) is 1.14. The van der Waals surface area contributed by atoms with Crippen LogP contribution in [0.4, 0.5) is 4.39 Å². The molecule has 0 saturated carbocycles. The Hall–Kier alpha value is -3.60. The molecule has 168 valence electrons. The standard InChI is InChI=1S/C21H23FN6O4/c1-27(10-13-3-4-14(22)9-15(13)19-26-23-11-28(19)2)21(31)16-17(29)20(30)25-18(24-16)12-5-7-32-8-6-12/h3-4,9,11-12,29H,5-8,10H2,1-2H3,(H,24,25,30). The van der Waals surface area contributed by atoms with Gasteiger partial charge in [0.15, 0.2) is 11.5 Å². The van der Waals surface area contributed by atoms with Gasteiger partial charge in [0.1, 0.15) is 18.0 Å². The highest BCUT2D eigenvalue weighted by Crippen LogP contribution is 2.26. The smallest absolute Gasteiger partial charge is 0.293 e. The number of ether oxygens (including phenoxy) is 1. The monoisotopic (exact) mass is 442 g/mol. The summed E-state index contributed by atoms with van der Waals surface area (Å²) in [4.78, 5) is 33.5. The van der Waals surface area contributed by atoms with Crippen LogP contribution in [0.15, 0.2) is 29.3 Å². The van der Waals surface area contributed by atoms with Crippen LogP contribution >= 0.6 is 0 Å². The molecule has 32 heavy (non-hydrogen) atoms. The number of hydrogen-bond donors (Lipinski definition) is 2. The average Bonchev–Trinajstić information content (AvgIpc) is 3.22. The van der Waals surface area contributed by atoms with Gasteiger partial charge < -0.3 is 24.3 Å². The molecule has 1 aromatic carbocycles. The van der Waals surface area contributed by atoms with Crippen LogP contribution in [0.25, 0.3) is 11.4 Å². The summed E-state index contributed by atoms with van der Waals surface area (Å²) in [5.74, 6) is -1.07. The summed E-state index contributed by atoms with van der Waals surface area (Å²) in [6.07, 6.45) is 2.82. The van der Waals surface area contributed by atoms with Crippen LogP contribution in [0, 0.1) is 5.82 Å². The molecule has 1 saturated heterocycles. The Morgan fingerprint density at radius 2 is 2.12 bits per heavy atom. The molecule has 1 aliphatic heterocycles. The zero-order chi connectivity index (χ0) is 22.8. The second-order valence-corrected chi connectivity index (χ2v) is 7.76. The van der Waals surface area contributed by atoms with Gasteiger partial charge in [0.2, 0.25) is 5.75 Å². The molecule has 2 N–H and O–H groups in total. The lowest BCUT2D eigenvalue weighted by Gasteiger charge is -2.23. The lowest BCUT2D eigenvalue weighted by Crippen LogP contribution is -2.30. The minimum absolute atomic E-state index is 0.0616. The predicted molar refractivity (Wildman–Crippen MR) is 112 cm³/mol. The van der Waals surface area contributed by atoms with Crippen molar-refractivity contribution in [2.24, 2.45) is 7.05 Å². The molecule has 3 aromatic rings. The Bertz CT molecular complexity index is 1200. The minimum atomic E-state index is -0.764. The number of aromatic amines is 1. The van der Waals surface area contributed by atoms with E-state index in [-0.39, 0.29) is 18.2 Å². The number of H-pyrrole nitrogens is 1. The molecule has 2 aromatic heterocycles. The van der Waals surface area contributed by atoms with E-state index in [4.69, 9.17) is 4.74 Å². The second kappa shape index (κ2) is 8.87. The van der Waals surface area contributed by atoms with Crippen molar-refractivity contribution in [1.29, 1.82) is 0 Å². The highest BCUT2D eigenvalue weighted by atomic mass is 19.1. The van der Waals surface area contributed by atoms with Crippen molar-refractivity contribution in [2.75, 3.05) is 20.3 Å². The van der Waals surface area contributed by atoms with Crippen LogP contribution < -0.4 is 5.56 Å². The number of nitrogens with zero attached hydrogens (tertiary/aromatic N) is 5. The van der Waals surface area contributed by atoms with Crippen LogP contribution in [-0.2, 0) is 18.3 Å². The summed E-state index contributed by atoms with van der Waals surface area (Å²) in [7, 11) is 3.25. The number of amides is 1. The lowest BCUT2D eigenvalue weighted by molar-refractivity contribution is 0.0770. The van der Waals surface area contributed by atoms with Gasteiger partial charge >= 0.3 is 0 Å². The fraction of sp³-hybridized carbons (Fsp3) is 0.381. The largest absolute Gasteiger partial charge is 0.501 e. The van der Waals surface area contributed by atoms with Gasteiger partial charge in [-0.2, -0.15) is 0 Å². The van der Waals surface area contributed by atoms with E-state index in [1.165, 1.54) is 30.4 Å². The second-order valence-electron chi connectivity index (χ2n) is 7.76. The number of nitrogens with one attached hydrogen (secondary N) is 1. The number of halogens is 1. The molecule has 4 rings (SSSR count). The SMILES string of the molecule is CN(Cc1ccc(F)cc1-c1nncn1C)C(=O)c1nc(C2CCOCC2)[nH]c(=O)c1O. The number of aryl methyl sites for hydroxylation is 1. The van der Waals surface area contributed by atoms with Gasteiger partial charge in [-0.05, 0) is 30.5 Å². The van der Waals surface area contributed by atoms with Crippen LogP contribution in [0.2, 0.25) is 0 Å². The van der Waals surface area contributed by atoms with Crippen LogP contribution in [0.1, 0.15) is 40.6 Å². The van der Waals surface area contributed by atoms with Gasteiger partial charge in [-0.25, -0.2) is 9.37 Å². The molecular weight excluding hydrogens is 419 g/mol. The maximum Gasteiger partial charge on any atom is 0.293 e. The third kappa shape index (κ3) is 4.24. The summed E-state index contributed by atoms with van der Waals surface area (Å²) in [5.41, 5.74) is 0.0165. The highest BCUT2D eigenvalue weighted by molar-refractivity contribution is 5.94. The number of carbonyl (C=O) groups is 1. The van der Waals surface area contributed by atoms with E-state index in [0.717, 1.165) is 0 Å². The maximum absolute atomic E-state index is 13.9. The van der Waals surface area contributed by atoms with Crippen molar-refractivity contribution >= 4 is 5.91 Å². The molecule has 0 aliphatic carbocycles.